The van der Waals surface area contributed by atoms with E-state index >= 15 is 0 Å². The molecule has 0 spiro atoms. The molecule has 1 amide bonds. The summed E-state index contributed by atoms with van der Waals surface area (Å²) in [6.45, 7) is 4.44. The molecule has 4 aromatic rings. The number of nitrogens with one attached hydrogen (secondary N) is 2. The summed E-state index contributed by atoms with van der Waals surface area (Å²) in [6, 6.07) is 14.6. The number of tetrazole rings is 1. The number of carbonyl (C=O) groups excluding carboxylic acids is 1. The van der Waals surface area contributed by atoms with Crippen LogP contribution in [0.1, 0.15) is 25.8 Å². The Bertz CT molecular complexity index is 1120. The van der Waals surface area contributed by atoms with E-state index in [9.17, 15) is 4.79 Å². The van der Waals surface area contributed by atoms with Gasteiger partial charge in [0, 0.05) is 36.1 Å². The summed E-state index contributed by atoms with van der Waals surface area (Å²) in [5, 5.41) is 17.3. The number of H-pyrrole nitrogens is 1. The predicted molar refractivity (Wildman–Crippen MR) is 118 cm³/mol. The zero-order chi connectivity index (χ0) is 21.6. The predicted octanol–water partition coefficient (Wildman–Crippen LogP) is 3.42. The fourth-order valence-corrected chi connectivity index (χ4v) is 3.42. The van der Waals surface area contributed by atoms with Crippen LogP contribution in [-0.2, 0) is 11.2 Å². The summed E-state index contributed by atoms with van der Waals surface area (Å²) in [7, 11) is 0. The van der Waals surface area contributed by atoms with E-state index in [1.54, 1.807) is 12.5 Å². The number of aryl methyl sites for hydroxylation is 1. The zero-order valence-electron chi connectivity index (χ0n) is 17.6. The van der Waals surface area contributed by atoms with Gasteiger partial charge in [0.05, 0.1) is 6.33 Å². The van der Waals surface area contributed by atoms with Crippen LogP contribution in [0.25, 0.3) is 28.2 Å². The number of hydrogen-bond acceptors (Lipinski definition) is 5. The molecular formula is C23H25N7O. The van der Waals surface area contributed by atoms with E-state index in [4.69, 9.17) is 0 Å². The van der Waals surface area contributed by atoms with Gasteiger partial charge < -0.3 is 9.88 Å². The lowest BCUT2D eigenvalue weighted by Crippen LogP contribution is -2.28. The minimum absolute atomic E-state index is 0.00820. The van der Waals surface area contributed by atoms with E-state index in [1.165, 1.54) is 5.56 Å². The Balaban J connectivity index is 1.57. The summed E-state index contributed by atoms with van der Waals surface area (Å²) in [6.07, 6.45) is 7.13. The minimum atomic E-state index is -0.00820. The van der Waals surface area contributed by atoms with Gasteiger partial charge in [-0.3, -0.25) is 4.79 Å². The van der Waals surface area contributed by atoms with Crippen molar-refractivity contribution in [3.63, 3.8) is 0 Å². The normalized spacial score (nSPS) is 11.1. The molecule has 0 radical (unpaired) electrons. The summed E-state index contributed by atoms with van der Waals surface area (Å²) < 4.78 is 1.97. The van der Waals surface area contributed by atoms with Crippen LogP contribution in [0, 0.1) is 5.92 Å². The molecule has 2 heterocycles. The number of imidazole rings is 1. The maximum atomic E-state index is 11.8. The lowest BCUT2D eigenvalue weighted by molar-refractivity contribution is -0.123. The van der Waals surface area contributed by atoms with E-state index in [-0.39, 0.29) is 11.8 Å². The van der Waals surface area contributed by atoms with Gasteiger partial charge in [-0.05, 0) is 52.9 Å². The second-order valence-corrected chi connectivity index (χ2v) is 7.67. The lowest BCUT2D eigenvalue weighted by Gasteiger charge is -2.13. The first-order chi connectivity index (χ1) is 15.1. The van der Waals surface area contributed by atoms with Gasteiger partial charge >= 0.3 is 0 Å². The molecule has 0 aliphatic carbocycles. The first kappa shape index (κ1) is 20.5. The molecule has 0 unspecified atom stereocenters. The second-order valence-electron chi connectivity index (χ2n) is 7.67. The van der Waals surface area contributed by atoms with Crippen molar-refractivity contribution in [2.45, 2.75) is 26.7 Å². The summed E-state index contributed by atoms with van der Waals surface area (Å²) in [5.74, 6) is 0.637. The van der Waals surface area contributed by atoms with Gasteiger partial charge in [0.1, 0.15) is 0 Å². The van der Waals surface area contributed by atoms with Crippen molar-refractivity contribution in [1.82, 2.24) is 35.5 Å². The molecule has 0 fully saturated rings. The number of rotatable bonds is 8. The van der Waals surface area contributed by atoms with Gasteiger partial charge in [-0.2, -0.15) is 5.21 Å². The first-order valence-corrected chi connectivity index (χ1v) is 10.3. The molecule has 0 aliphatic rings. The maximum Gasteiger partial charge on any atom is 0.222 e. The molecule has 8 heteroatoms. The number of benzene rings is 2. The second kappa shape index (κ2) is 9.34. The van der Waals surface area contributed by atoms with Crippen molar-refractivity contribution >= 4 is 5.91 Å². The van der Waals surface area contributed by atoms with E-state index in [0.29, 0.717) is 12.4 Å². The van der Waals surface area contributed by atoms with Gasteiger partial charge in [0.15, 0.2) is 0 Å². The van der Waals surface area contributed by atoms with Crippen molar-refractivity contribution in [2.24, 2.45) is 5.92 Å². The Morgan fingerprint density at radius 1 is 1.13 bits per heavy atom. The number of aromatic amines is 1. The van der Waals surface area contributed by atoms with Crippen molar-refractivity contribution in [1.29, 1.82) is 0 Å². The standard InChI is InChI=1S/C23H25N7O/c1-16(2)23(31)25-11-3-4-18-14-19(22-26-28-29-27-22)7-10-21(18)17-5-8-20(9-6-17)30-13-12-24-15-30/h5-10,12-16H,3-4,11H2,1-2H3,(H,25,31)(H,26,27,28,29). The van der Waals surface area contributed by atoms with Crippen LogP contribution in [0.4, 0.5) is 0 Å². The SMILES string of the molecule is CC(C)C(=O)NCCCc1cc(-c2nn[nH]n2)ccc1-c1ccc(-n2ccnc2)cc1. The van der Waals surface area contributed by atoms with E-state index in [0.717, 1.165) is 35.2 Å². The van der Waals surface area contributed by atoms with Crippen LogP contribution in [-0.4, -0.2) is 42.6 Å². The van der Waals surface area contributed by atoms with Crippen LogP contribution in [0.2, 0.25) is 0 Å². The lowest BCUT2D eigenvalue weighted by atomic mass is 9.94. The van der Waals surface area contributed by atoms with Gasteiger partial charge in [-0.25, -0.2) is 4.98 Å². The number of aromatic nitrogens is 6. The average molecular weight is 416 g/mol. The quantitative estimate of drug-likeness (QED) is 0.429. The Morgan fingerprint density at radius 2 is 1.94 bits per heavy atom. The highest BCUT2D eigenvalue weighted by Crippen LogP contribution is 2.29. The van der Waals surface area contributed by atoms with Crippen LogP contribution in [0.15, 0.2) is 61.2 Å². The highest BCUT2D eigenvalue weighted by Gasteiger charge is 2.11. The molecule has 31 heavy (non-hydrogen) atoms. The third-order valence-corrected chi connectivity index (χ3v) is 5.14. The molecule has 0 aliphatic heterocycles. The fourth-order valence-electron chi connectivity index (χ4n) is 3.42. The Hall–Kier alpha value is -3.81. The number of hydrogen-bond donors (Lipinski definition) is 2. The van der Waals surface area contributed by atoms with Crippen LogP contribution < -0.4 is 5.32 Å². The highest BCUT2D eigenvalue weighted by molar-refractivity contribution is 5.77. The topological polar surface area (TPSA) is 101 Å². The third-order valence-electron chi connectivity index (χ3n) is 5.14. The zero-order valence-corrected chi connectivity index (χ0v) is 17.6. The largest absolute Gasteiger partial charge is 0.356 e. The summed E-state index contributed by atoms with van der Waals surface area (Å²) in [5.41, 5.74) is 5.43. The molecule has 2 aromatic heterocycles. The minimum Gasteiger partial charge on any atom is -0.356 e. The number of carbonyl (C=O) groups is 1. The molecule has 0 bridgehead atoms. The number of nitrogens with zero attached hydrogens (tertiary/aromatic N) is 5. The van der Waals surface area contributed by atoms with Crippen LogP contribution >= 0.6 is 0 Å². The first-order valence-electron chi connectivity index (χ1n) is 10.3. The van der Waals surface area contributed by atoms with Crippen molar-refractivity contribution in [2.75, 3.05) is 6.54 Å². The molecule has 158 valence electrons. The average Bonchev–Trinajstić information content (AvgIpc) is 3.51. The summed E-state index contributed by atoms with van der Waals surface area (Å²) >= 11 is 0. The Kier molecular flexibility index (Phi) is 6.16. The monoisotopic (exact) mass is 415 g/mol. The van der Waals surface area contributed by atoms with Gasteiger partial charge in [-0.15, -0.1) is 10.2 Å². The molecule has 0 saturated carbocycles. The number of amides is 1. The van der Waals surface area contributed by atoms with Gasteiger partial charge in [0.2, 0.25) is 11.7 Å². The Labute approximate surface area is 180 Å². The molecule has 2 N–H and O–H groups in total. The van der Waals surface area contributed by atoms with Crippen molar-refractivity contribution in [3.8, 4) is 28.2 Å². The van der Waals surface area contributed by atoms with E-state index in [1.807, 2.05) is 30.7 Å². The van der Waals surface area contributed by atoms with Crippen LogP contribution in [0.3, 0.4) is 0 Å². The molecule has 8 nitrogen and oxygen atoms in total. The fraction of sp³-hybridized carbons (Fsp3) is 0.261. The van der Waals surface area contributed by atoms with E-state index < -0.39 is 0 Å². The van der Waals surface area contributed by atoms with Gasteiger partial charge in [0.25, 0.3) is 0 Å². The maximum absolute atomic E-state index is 11.8. The third kappa shape index (κ3) is 4.85. The van der Waals surface area contributed by atoms with Gasteiger partial charge in [-0.1, -0.05) is 38.1 Å². The van der Waals surface area contributed by atoms with Crippen molar-refractivity contribution in [3.05, 3.63) is 66.7 Å². The summed E-state index contributed by atoms with van der Waals surface area (Å²) in [4.78, 5) is 15.9. The van der Waals surface area contributed by atoms with Crippen molar-refractivity contribution < 1.29 is 4.79 Å². The van der Waals surface area contributed by atoms with E-state index in [2.05, 4.69) is 67.3 Å². The molecule has 4 rings (SSSR count). The highest BCUT2D eigenvalue weighted by atomic mass is 16.1. The Morgan fingerprint density at radius 3 is 2.61 bits per heavy atom. The molecule has 0 saturated heterocycles. The van der Waals surface area contributed by atoms with Crippen LogP contribution in [0.5, 0.6) is 0 Å². The molecule has 2 aromatic carbocycles. The molecule has 0 atom stereocenters. The molecular weight excluding hydrogens is 390 g/mol. The smallest absolute Gasteiger partial charge is 0.222 e.